The van der Waals surface area contributed by atoms with Crippen molar-refractivity contribution in [2.24, 2.45) is 0 Å². The summed E-state index contributed by atoms with van der Waals surface area (Å²) in [4.78, 5) is 15.9. The van der Waals surface area contributed by atoms with E-state index in [1.165, 1.54) is 11.9 Å². The van der Waals surface area contributed by atoms with Gasteiger partial charge in [-0.15, -0.1) is 0 Å². The molecule has 5 heteroatoms. The lowest BCUT2D eigenvalue weighted by Crippen LogP contribution is -2.32. The van der Waals surface area contributed by atoms with E-state index in [2.05, 4.69) is 10.3 Å². The molecule has 110 valence electrons. The second kappa shape index (κ2) is 7.71. The second-order valence-electron chi connectivity index (χ2n) is 4.67. The van der Waals surface area contributed by atoms with Crippen LogP contribution in [0.15, 0.2) is 59.5 Å². The van der Waals surface area contributed by atoms with Crippen LogP contribution in [0.5, 0.6) is 5.75 Å². The number of ether oxygens (including phenoxy) is 1. The van der Waals surface area contributed by atoms with E-state index >= 15 is 0 Å². The van der Waals surface area contributed by atoms with Crippen molar-refractivity contribution in [2.45, 2.75) is 24.8 Å². The Morgan fingerprint density at radius 1 is 1.10 bits per heavy atom. The SMILES string of the molecule is CC(C)Oc1cccc(C(=O)NNSc2ccccc2)c1. The maximum atomic E-state index is 12.0. The standard InChI is InChI=1S/C16H18N2O2S/c1-12(2)20-14-8-6-7-13(11-14)16(19)17-18-21-15-9-4-3-5-10-15/h3-12,18H,1-2H3,(H,17,19). The molecule has 2 rings (SSSR count). The number of carbonyl (C=O) groups is 1. The normalized spacial score (nSPS) is 10.4. The summed E-state index contributed by atoms with van der Waals surface area (Å²) in [5, 5.41) is 0. The molecule has 0 aliphatic rings. The maximum Gasteiger partial charge on any atom is 0.266 e. The van der Waals surface area contributed by atoms with Crippen molar-refractivity contribution in [3.63, 3.8) is 0 Å². The predicted octanol–water partition coefficient (Wildman–Crippen LogP) is 3.42. The first-order valence-electron chi connectivity index (χ1n) is 6.69. The summed E-state index contributed by atoms with van der Waals surface area (Å²) in [5.41, 5.74) is 3.20. The Kier molecular flexibility index (Phi) is 5.66. The van der Waals surface area contributed by atoms with E-state index in [4.69, 9.17) is 4.74 Å². The lowest BCUT2D eigenvalue weighted by atomic mass is 10.2. The third-order valence-electron chi connectivity index (χ3n) is 2.54. The van der Waals surface area contributed by atoms with E-state index in [0.717, 1.165) is 4.90 Å². The molecule has 0 spiro atoms. The smallest absolute Gasteiger partial charge is 0.266 e. The van der Waals surface area contributed by atoms with E-state index in [9.17, 15) is 4.79 Å². The second-order valence-corrected chi connectivity index (χ2v) is 5.55. The summed E-state index contributed by atoms with van der Waals surface area (Å²) in [6, 6.07) is 16.9. The lowest BCUT2D eigenvalue weighted by Gasteiger charge is -2.11. The third-order valence-corrected chi connectivity index (χ3v) is 3.26. The van der Waals surface area contributed by atoms with Gasteiger partial charge in [0, 0.05) is 10.5 Å². The van der Waals surface area contributed by atoms with E-state index < -0.39 is 0 Å². The van der Waals surface area contributed by atoms with Crippen LogP contribution in [0.3, 0.4) is 0 Å². The first-order chi connectivity index (χ1) is 10.1. The Morgan fingerprint density at radius 3 is 2.57 bits per heavy atom. The fourth-order valence-corrected chi connectivity index (χ4v) is 2.23. The molecule has 0 aliphatic carbocycles. The van der Waals surface area contributed by atoms with E-state index in [0.29, 0.717) is 11.3 Å². The number of benzene rings is 2. The fraction of sp³-hybridized carbons (Fsp3) is 0.188. The van der Waals surface area contributed by atoms with Crippen molar-refractivity contribution in [1.29, 1.82) is 0 Å². The van der Waals surface area contributed by atoms with Crippen LogP contribution >= 0.6 is 11.9 Å². The van der Waals surface area contributed by atoms with Crippen LogP contribution in [-0.2, 0) is 0 Å². The molecular formula is C16H18N2O2S. The number of amides is 1. The molecular weight excluding hydrogens is 284 g/mol. The number of carbonyl (C=O) groups excluding carboxylic acids is 1. The molecule has 21 heavy (non-hydrogen) atoms. The number of hydrogen-bond acceptors (Lipinski definition) is 4. The summed E-state index contributed by atoms with van der Waals surface area (Å²) >= 11 is 1.35. The molecule has 2 N–H and O–H groups in total. The zero-order valence-corrected chi connectivity index (χ0v) is 12.8. The molecule has 2 aromatic rings. The van der Waals surface area contributed by atoms with Gasteiger partial charge >= 0.3 is 0 Å². The largest absolute Gasteiger partial charge is 0.491 e. The minimum atomic E-state index is -0.201. The Bertz CT molecular complexity index is 588. The van der Waals surface area contributed by atoms with E-state index in [1.54, 1.807) is 18.2 Å². The van der Waals surface area contributed by atoms with Crippen LogP contribution in [0.2, 0.25) is 0 Å². The average Bonchev–Trinajstić information content (AvgIpc) is 2.48. The first-order valence-corrected chi connectivity index (χ1v) is 7.51. The highest BCUT2D eigenvalue weighted by Crippen LogP contribution is 2.15. The number of rotatable bonds is 6. The molecule has 0 bridgehead atoms. The molecule has 1 amide bonds. The van der Waals surface area contributed by atoms with Gasteiger partial charge in [-0.05, 0) is 56.1 Å². The monoisotopic (exact) mass is 302 g/mol. The molecule has 0 unspecified atom stereocenters. The molecule has 0 fully saturated rings. The third kappa shape index (κ3) is 5.13. The fourth-order valence-electron chi connectivity index (χ4n) is 1.67. The minimum absolute atomic E-state index is 0.0788. The van der Waals surface area contributed by atoms with Crippen molar-refractivity contribution in [3.05, 3.63) is 60.2 Å². The van der Waals surface area contributed by atoms with E-state index in [1.807, 2.05) is 50.2 Å². The molecule has 0 saturated carbocycles. The van der Waals surface area contributed by atoms with E-state index in [-0.39, 0.29) is 12.0 Å². The average molecular weight is 302 g/mol. The van der Waals surface area contributed by atoms with Gasteiger partial charge in [-0.25, -0.2) is 0 Å². The summed E-state index contributed by atoms with van der Waals surface area (Å²) in [5.74, 6) is 0.487. The maximum absolute atomic E-state index is 12.0. The zero-order chi connectivity index (χ0) is 15.1. The van der Waals surface area contributed by atoms with Crippen LogP contribution in [0.1, 0.15) is 24.2 Å². The Balaban J connectivity index is 1.88. The zero-order valence-electron chi connectivity index (χ0n) is 12.0. The Labute approximate surface area is 129 Å². The summed E-state index contributed by atoms with van der Waals surface area (Å²) in [7, 11) is 0. The molecule has 0 atom stereocenters. The lowest BCUT2D eigenvalue weighted by molar-refractivity contribution is 0.0946. The molecule has 0 aromatic heterocycles. The molecule has 2 aromatic carbocycles. The number of hydrazine groups is 1. The van der Waals surface area contributed by atoms with Crippen molar-refractivity contribution in [3.8, 4) is 5.75 Å². The van der Waals surface area contributed by atoms with Gasteiger partial charge in [-0.3, -0.25) is 10.2 Å². The van der Waals surface area contributed by atoms with Gasteiger partial charge in [0.1, 0.15) is 5.75 Å². The summed E-state index contributed by atoms with van der Waals surface area (Å²) in [6.07, 6.45) is 0.0788. The molecule has 0 radical (unpaired) electrons. The Morgan fingerprint density at radius 2 is 1.86 bits per heavy atom. The molecule has 4 nitrogen and oxygen atoms in total. The van der Waals surface area contributed by atoms with Crippen LogP contribution in [-0.4, -0.2) is 12.0 Å². The first kappa shape index (κ1) is 15.4. The number of hydrogen-bond donors (Lipinski definition) is 2. The highest BCUT2D eigenvalue weighted by Gasteiger charge is 2.07. The van der Waals surface area contributed by atoms with Gasteiger partial charge < -0.3 is 4.74 Å². The van der Waals surface area contributed by atoms with Gasteiger partial charge in [-0.2, -0.15) is 4.83 Å². The highest BCUT2D eigenvalue weighted by atomic mass is 32.2. The van der Waals surface area contributed by atoms with Gasteiger partial charge in [0.2, 0.25) is 0 Å². The number of nitrogens with one attached hydrogen (secondary N) is 2. The summed E-state index contributed by atoms with van der Waals surface area (Å²) in [6.45, 7) is 3.90. The minimum Gasteiger partial charge on any atom is -0.491 e. The van der Waals surface area contributed by atoms with Crippen LogP contribution in [0, 0.1) is 0 Å². The van der Waals surface area contributed by atoms with Crippen molar-refractivity contribution < 1.29 is 9.53 Å². The van der Waals surface area contributed by atoms with Gasteiger partial charge in [0.25, 0.3) is 5.91 Å². The predicted molar refractivity (Wildman–Crippen MR) is 85.1 cm³/mol. The van der Waals surface area contributed by atoms with Crippen LogP contribution < -0.4 is 15.0 Å². The van der Waals surface area contributed by atoms with Crippen molar-refractivity contribution in [2.75, 3.05) is 0 Å². The molecule has 0 aliphatic heterocycles. The van der Waals surface area contributed by atoms with Gasteiger partial charge in [0.05, 0.1) is 6.10 Å². The van der Waals surface area contributed by atoms with Crippen LogP contribution in [0.25, 0.3) is 0 Å². The van der Waals surface area contributed by atoms with Crippen molar-refractivity contribution >= 4 is 17.9 Å². The van der Waals surface area contributed by atoms with Crippen LogP contribution in [0.4, 0.5) is 0 Å². The van der Waals surface area contributed by atoms with Gasteiger partial charge in [-0.1, -0.05) is 24.3 Å². The van der Waals surface area contributed by atoms with Crippen molar-refractivity contribution in [1.82, 2.24) is 10.3 Å². The summed E-state index contributed by atoms with van der Waals surface area (Å²) < 4.78 is 5.57. The topological polar surface area (TPSA) is 50.4 Å². The molecule has 0 saturated heterocycles. The Hall–Kier alpha value is -1.98. The highest BCUT2D eigenvalue weighted by molar-refractivity contribution is 7.97. The quantitative estimate of drug-likeness (QED) is 0.634. The molecule has 0 heterocycles. The van der Waals surface area contributed by atoms with Gasteiger partial charge in [0.15, 0.2) is 0 Å².